The minimum atomic E-state index is 0.581. The second-order valence-electron chi connectivity index (χ2n) is 3.87. The minimum absolute atomic E-state index is 0.581. The van der Waals surface area contributed by atoms with Crippen LogP contribution in [0, 0.1) is 12.3 Å². The Kier molecular flexibility index (Phi) is 5.62. The highest BCUT2D eigenvalue weighted by molar-refractivity contribution is 4.72. The Balaban J connectivity index is 3.68. The average molecular weight is 155 g/mol. The van der Waals surface area contributed by atoms with Gasteiger partial charge >= 0.3 is 0 Å². The maximum Gasteiger partial charge on any atom is -0.0328 e. The highest BCUT2D eigenvalue weighted by Crippen LogP contribution is 2.32. The highest BCUT2D eigenvalue weighted by atomic mass is 14.2. The summed E-state index contributed by atoms with van der Waals surface area (Å²) in [5, 5.41) is 0. The fourth-order valence-corrected chi connectivity index (χ4v) is 1.51. The van der Waals surface area contributed by atoms with Crippen LogP contribution in [-0.2, 0) is 0 Å². The van der Waals surface area contributed by atoms with Crippen molar-refractivity contribution in [3.05, 3.63) is 6.92 Å². The molecule has 1 atom stereocenters. The molecule has 0 saturated heterocycles. The molecule has 0 heteroatoms. The van der Waals surface area contributed by atoms with E-state index in [-0.39, 0.29) is 0 Å². The van der Waals surface area contributed by atoms with Crippen LogP contribution in [0.15, 0.2) is 0 Å². The molecule has 0 rings (SSSR count). The van der Waals surface area contributed by atoms with Gasteiger partial charge in [0.1, 0.15) is 0 Å². The highest BCUT2D eigenvalue weighted by Gasteiger charge is 2.19. The lowest BCUT2D eigenvalue weighted by atomic mass is 9.79. The van der Waals surface area contributed by atoms with E-state index in [1.165, 1.54) is 32.1 Å². The Morgan fingerprint density at radius 3 is 2.18 bits per heavy atom. The Morgan fingerprint density at radius 1 is 1.18 bits per heavy atom. The van der Waals surface area contributed by atoms with Crippen LogP contribution in [0.1, 0.15) is 59.3 Å². The molecule has 0 aromatic carbocycles. The van der Waals surface area contributed by atoms with Gasteiger partial charge in [-0.1, -0.05) is 53.4 Å². The summed E-state index contributed by atoms with van der Waals surface area (Å²) in [6.45, 7) is 10.9. The molecule has 67 valence electrons. The van der Waals surface area contributed by atoms with E-state index in [1.807, 2.05) is 0 Å². The van der Waals surface area contributed by atoms with Crippen LogP contribution in [-0.4, -0.2) is 0 Å². The molecule has 0 aromatic rings. The van der Waals surface area contributed by atoms with E-state index in [2.05, 4.69) is 27.7 Å². The van der Waals surface area contributed by atoms with Gasteiger partial charge < -0.3 is 0 Å². The molecule has 1 radical (unpaired) electrons. The van der Waals surface area contributed by atoms with Crippen LogP contribution in [0.25, 0.3) is 0 Å². The monoisotopic (exact) mass is 155 g/mol. The summed E-state index contributed by atoms with van der Waals surface area (Å²) in [6.07, 6.45) is 7.78. The van der Waals surface area contributed by atoms with Gasteiger partial charge in [-0.05, 0) is 18.3 Å². The van der Waals surface area contributed by atoms with Gasteiger partial charge in [0, 0.05) is 0 Å². The predicted octanol–water partition coefficient (Wildman–Crippen LogP) is 4.21. The van der Waals surface area contributed by atoms with Crippen molar-refractivity contribution in [2.24, 2.45) is 5.41 Å². The lowest BCUT2D eigenvalue weighted by molar-refractivity contribution is 0.255. The molecular formula is C11H23. The fourth-order valence-electron chi connectivity index (χ4n) is 1.51. The molecule has 0 N–H and O–H groups in total. The zero-order valence-electron chi connectivity index (χ0n) is 8.45. The van der Waals surface area contributed by atoms with Crippen molar-refractivity contribution < 1.29 is 0 Å². The number of unbranched alkanes of at least 4 members (excludes halogenated alkanes) is 1. The lowest BCUT2D eigenvalue weighted by Crippen LogP contribution is -2.14. The lowest BCUT2D eigenvalue weighted by Gasteiger charge is -2.27. The van der Waals surface area contributed by atoms with E-state index in [0.717, 1.165) is 6.42 Å². The number of rotatable bonds is 6. The third-order valence-electron chi connectivity index (χ3n) is 2.77. The molecule has 0 aliphatic rings. The second kappa shape index (κ2) is 5.62. The predicted molar refractivity (Wildman–Crippen MR) is 52.5 cm³/mol. The van der Waals surface area contributed by atoms with Crippen LogP contribution in [0.2, 0.25) is 0 Å². The van der Waals surface area contributed by atoms with E-state index in [4.69, 9.17) is 0 Å². The summed E-state index contributed by atoms with van der Waals surface area (Å²) in [6, 6.07) is 0. The van der Waals surface area contributed by atoms with E-state index >= 15 is 0 Å². The number of hydrogen-bond acceptors (Lipinski definition) is 0. The largest absolute Gasteiger partial charge is 0.0654 e. The fraction of sp³-hybridized carbons (Fsp3) is 0.909. The molecule has 0 amide bonds. The molecule has 0 fully saturated rings. The van der Waals surface area contributed by atoms with Crippen molar-refractivity contribution in [1.29, 1.82) is 0 Å². The zero-order chi connectivity index (χ0) is 8.74. The first-order chi connectivity index (χ1) is 5.18. The van der Waals surface area contributed by atoms with Crippen LogP contribution >= 0.6 is 0 Å². The minimum Gasteiger partial charge on any atom is -0.0654 e. The van der Waals surface area contributed by atoms with Crippen LogP contribution < -0.4 is 0 Å². The summed E-state index contributed by atoms with van der Waals surface area (Å²) >= 11 is 0. The topological polar surface area (TPSA) is 0 Å². The Hall–Kier alpha value is 0. The first-order valence-corrected chi connectivity index (χ1v) is 4.97. The SMILES string of the molecule is [CH2]CCC(C)(CC)CCCC. The molecule has 0 aliphatic carbocycles. The molecular weight excluding hydrogens is 132 g/mol. The molecule has 0 spiro atoms. The van der Waals surface area contributed by atoms with Gasteiger partial charge in [-0.3, -0.25) is 0 Å². The van der Waals surface area contributed by atoms with E-state index in [9.17, 15) is 0 Å². The van der Waals surface area contributed by atoms with Crippen molar-refractivity contribution in [2.45, 2.75) is 59.3 Å². The molecule has 0 aromatic heterocycles. The van der Waals surface area contributed by atoms with Crippen LogP contribution in [0.5, 0.6) is 0 Å². The van der Waals surface area contributed by atoms with Crippen molar-refractivity contribution in [3.63, 3.8) is 0 Å². The van der Waals surface area contributed by atoms with Crippen molar-refractivity contribution >= 4 is 0 Å². The summed E-state index contributed by atoms with van der Waals surface area (Å²) < 4.78 is 0. The quantitative estimate of drug-likeness (QED) is 0.539. The summed E-state index contributed by atoms with van der Waals surface area (Å²) in [7, 11) is 0. The third-order valence-corrected chi connectivity index (χ3v) is 2.77. The summed E-state index contributed by atoms with van der Waals surface area (Å²) in [5.41, 5.74) is 0.581. The van der Waals surface area contributed by atoms with Gasteiger partial charge in [0.15, 0.2) is 0 Å². The summed E-state index contributed by atoms with van der Waals surface area (Å²) in [4.78, 5) is 0. The van der Waals surface area contributed by atoms with Crippen molar-refractivity contribution in [3.8, 4) is 0 Å². The molecule has 0 bridgehead atoms. The zero-order valence-corrected chi connectivity index (χ0v) is 8.45. The second-order valence-corrected chi connectivity index (χ2v) is 3.87. The number of hydrogen-bond donors (Lipinski definition) is 0. The van der Waals surface area contributed by atoms with Gasteiger partial charge in [-0.2, -0.15) is 0 Å². The van der Waals surface area contributed by atoms with Crippen molar-refractivity contribution in [2.75, 3.05) is 0 Å². The van der Waals surface area contributed by atoms with E-state index < -0.39 is 0 Å². The van der Waals surface area contributed by atoms with Gasteiger partial charge in [0.2, 0.25) is 0 Å². The first kappa shape index (κ1) is 11.0. The molecule has 0 heterocycles. The maximum atomic E-state index is 3.93. The first-order valence-electron chi connectivity index (χ1n) is 4.97. The van der Waals surface area contributed by atoms with Gasteiger partial charge in [-0.15, -0.1) is 0 Å². The average Bonchev–Trinajstić information content (AvgIpc) is 2.02. The van der Waals surface area contributed by atoms with E-state index in [0.29, 0.717) is 5.41 Å². The Morgan fingerprint density at radius 2 is 1.82 bits per heavy atom. The molecule has 0 nitrogen and oxygen atoms in total. The standard InChI is InChI=1S/C11H23/c1-5-8-10-11(4,7-3)9-6-2/h2,5-10H2,1,3-4H3. The Bertz CT molecular complexity index is 86.0. The van der Waals surface area contributed by atoms with Crippen molar-refractivity contribution in [1.82, 2.24) is 0 Å². The van der Waals surface area contributed by atoms with Gasteiger partial charge in [0.05, 0.1) is 0 Å². The molecule has 0 saturated carbocycles. The summed E-state index contributed by atoms with van der Waals surface area (Å²) in [5.74, 6) is 0. The van der Waals surface area contributed by atoms with Gasteiger partial charge in [0.25, 0.3) is 0 Å². The van der Waals surface area contributed by atoms with E-state index in [1.54, 1.807) is 0 Å². The molecule has 0 aliphatic heterocycles. The normalized spacial score (nSPS) is 16.4. The maximum absolute atomic E-state index is 3.93. The van der Waals surface area contributed by atoms with Crippen LogP contribution in [0.4, 0.5) is 0 Å². The Labute approximate surface area is 72.4 Å². The third kappa shape index (κ3) is 4.44. The van der Waals surface area contributed by atoms with Gasteiger partial charge in [-0.25, -0.2) is 0 Å². The van der Waals surface area contributed by atoms with Crippen LogP contribution in [0.3, 0.4) is 0 Å². The smallest absolute Gasteiger partial charge is 0.0328 e. The molecule has 1 unspecified atom stereocenters. The molecule has 11 heavy (non-hydrogen) atoms.